The number of alkyl carbamates (subject to hydrolysis) is 1. The minimum absolute atomic E-state index is 0.0109. The summed E-state index contributed by atoms with van der Waals surface area (Å²) in [5, 5.41) is 3.63. The van der Waals surface area contributed by atoms with E-state index in [9.17, 15) is 4.79 Å². The molecule has 0 heterocycles. The molecule has 0 aliphatic heterocycles. The Hall–Kier alpha value is -0.983. The van der Waals surface area contributed by atoms with Crippen LogP contribution in [0.25, 0.3) is 0 Å². The number of carbonyl (C=O) groups is 1. The second-order valence-corrected chi connectivity index (χ2v) is 18.2. The van der Waals surface area contributed by atoms with Crippen LogP contribution in [0.1, 0.15) is 83.1 Å². The van der Waals surface area contributed by atoms with E-state index < -0.39 is 13.9 Å². The SMILES string of the molecule is Cc1cc(C)c(CS[C@@H]2CCC[C@@H](NC(=O)OC(C)(C)C)[C@H]2O[Si](C)(C)C(C)(C)C)c(C)c1. The molecule has 0 saturated heterocycles. The second kappa shape index (κ2) is 10.7. The van der Waals surface area contributed by atoms with E-state index in [1.54, 1.807) is 0 Å². The first-order chi connectivity index (χ1) is 15.0. The summed E-state index contributed by atoms with van der Waals surface area (Å²) >= 11 is 1.99. The number of aryl methyl sites for hydroxylation is 3. The lowest BCUT2D eigenvalue weighted by Crippen LogP contribution is -2.57. The number of rotatable bonds is 6. The summed E-state index contributed by atoms with van der Waals surface area (Å²) in [6.45, 7) is 23.8. The maximum atomic E-state index is 12.7. The van der Waals surface area contributed by atoms with Crippen molar-refractivity contribution in [3.63, 3.8) is 0 Å². The molecule has 33 heavy (non-hydrogen) atoms. The van der Waals surface area contributed by atoms with Gasteiger partial charge in [-0.25, -0.2) is 4.79 Å². The summed E-state index contributed by atoms with van der Waals surface area (Å²) in [6, 6.07) is 4.53. The number of amides is 1. The largest absolute Gasteiger partial charge is 0.444 e. The van der Waals surface area contributed by atoms with Crippen LogP contribution in [0.2, 0.25) is 18.1 Å². The van der Waals surface area contributed by atoms with Gasteiger partial charge in [-0.2, -0.15) is 11.8 Å². The van der Waals surface area contributed by atoms with Crippen molar-refractivity contribution in [2.24, 2.45) is 0 Å². The van der Waals surface area contributed by atoms with Gasteiger partial charge in [0.1, 0.15) is 5.60 Å². The van der Waals surface area contributed by atoms with Crippen molar-refractivity contribution in [2.45, 2.75) is 128 Å². The lowest BCUT2D eigenvalue weighted by atomic mass is 9.92. The molecule has 0 aromatic heterocycles. The van der Waals surface area contributed by atoms with Gasteiger partial charge < -0.3 is 14.5 Å². The van der Waals surface area contributed by atoms with Gasteiger partial charge in [-0.1, -0.05) is 44.9 Å². The van der Waals surface area contributed by atoms with Crippen LogP contribution in [0, 0.1) is 20.8 Å². The summed E-state index contributed by atoms with van der Waals surface area (Å²) in [4.78, 5) is 12.7. The van der Waals surface area contributed by atoms with Crippen LogP contribution in [0.3, 0.4) is 0 Å². The molecule has 1 aromatic carbocycles. The van der Waals surface area contributed by atoms with Crippen molar-refractivity contribution in [2.75, 3.05) is 0 Å². The fourth-order valence-electron chi connectivity index (χ4n) is 4.22. The number of thioether (sulfide) groups is 1. The molecule has 1 saturated carbocycles. The maximum absolute atomic E-state index is 12.7. The van der Waals surface area contributed by atoms with E-state index in [-0.39, 0.29) is 23.3 Å². The van der Waals surface area contributed by atoms with Crippen molar-refractivity contribution >= 4 is 26.2 Å². The van der Waals surface area contributed by atoms with Crippen LogP contribution in [-0.4, -0.2) is 37.4 Å². The van der Waals surface area contributed by atoms with Gasteiger partial charge in [-0.15, -0.1) is 0 Å². The third-order valence-corrected chi connectivity index (χ3v) is 12.8. The molecule has 0 radical (unpaired) electrons. The number of benzene rings is 1. The first-order valence-corrected chi connectivity index (χ1v) is 16.3. The molecular weight excluding hydrogens is 446 g/mol. The number of hydrogen-bond donors (Lipinski definition) is 1. The molecule has 1 aliphatic rings. The fourth-order valence-corrected chi connectivity index (χ4v) is 7.29. The monoisotopic (exact) mass is 493 g/mol. The van der Waals surface area contributed by atoms with Gasteiger partial charge in [-0.05, 0) is 89.2 Å². The predicted octanol–water partition coefficient (Wildman–Crippen LogP) is 7.68. The number of ether oxygens (including phenoxy) is 1. The van der Waals surface area contributed by atoms with Gasteiger partial charge in [0.15, 0.2) is 8.32 Å². The first kappa shape index (κ1) is 28.3. The molecule has 188 valence electrons. The third-order valence-electron chi connectivity index (χ3n) is 6.99. The quantitative estimate of drug-likeness (QED) is 0.413. The highest BCUT2D eigenvalue weighted by molar-refractivity contribution is 7.99. The molecule has 3 atom stereocenters. The van der Waals surface area contributed by atoms with Crippen molar-refractivity contribution in [1.29, 1.82) is 0 Å². The zero-order chi connectivity index (χ0) is 25.2. The highest BCUT2D eigenvalue weighted by Crippen LogP contribution is 2.42. The fraction of sp³-hybridized carbons (Fsp3) is 0.741. The number of hydrogen-bond acceptors (Lipinski definition) is 4. The van der Waals surface area contributed by atoms with E-state index in [0.717, 1.165) is 25.0 Å². The van der Waals surface area contributed by atoms with Gasteiger partial charge in [0.05, 0.1) is 12.1 Å². The van der Waals surface area contributed by atoms with Crippen LogP contribution >= 0.6 is 11.8 Å². The lowest BCUT2D eigenvalue weighted by molar-refractivity contribution is 0.0393. The van der Waals surface area contributed by atoms with Crippen LogP contribution in [0.15, 0.2) is 12.1 Å². The standard InChI is InChI=1S/C27H47NO3SSi/c1-18-15-19(2)21(20(3)16-18)17-32-23-14-12-13-22(28-25(29)30-26(4,5)6)24(23)31-33(10,11)27(7,8)9/h15-16,22-24H,12-14,17H2,1-11H3,(H,28,29)/t22-,23-,24-/m1/s1. The summed E-state index contributed by atoms with van der Waals surface area (Å²) in [7, 11) is -2.02. The highest BCUT2D eigenvalue weighted by atomic mass is 32.2. The molecule has 1 aliphatic carbocycles. The molecule has 0 unspecified atom stereocenters. The zero-order valence-corrected chi connectivity index (χ0v) is 24.7. The Morgan fingerprint density at radius 1 is 1.06 bits per heavy atom. The van der Waals surface area contributed by atoms with Gasteiger partial charge in [0.25, 0.3) is 0 Å². The summed E-state index contributed by atoms with van der Waals surface area (Å²) in [5.41, 5.74) is 4.96. The summed E-state index contributed by atoms with van der Waals surface area (Å²) in [6.07, 6.45) is 2.77. The molecule has 0 spiro atoms. The van der Waals surface area contributed by atoms with E-state index >= 15 is 0 Å². The van der Waals surface area contributed by atoms with Crippen molar-refractivity contribution < 1.29 is 14.0 Å². The van der Waals surface area contributed by atoms with Gasteiger partial charge in [-0.3, -0.25) is 0 Å². The Morgan fingerprint density at radius 3 is 2.15 bits per heavy atom. The normalized spacial score (nSPS) is 22.2. The minimum Gasteiger partial charge on any atom is -0.444 e. The van der Waals surface area contributed by atoms with Gasteiger partial charge >= 0.3 is 6.09 Å². The molecular formula is C27H47NO3SSi. The van der Waals surface area contributed by atoms with Crippen LogP contribution in [0.4, 0.5) is 4.79 Å². The van der Waals surface area contributed by atoms with Crippen molar-refractivity contribution in [3.05, 3.63) is 34.4 Å². The Balaban J connectivity index is 2.26. The summed E-state index contributed by atoms with van der Waals surface area (Å²) < 4.78 is 12.6. The topological polar surface area (TPSA) is 47.6 Å². The number of nitrogens with one attached hydrogen (secondary N) is 1. The Labute approximate surface area is 208 Å². The van der Waals surface area contributed by atoms with Crippen molar-refractivity contribution in [3.8, 4) is 0 Å². The molecule has 4 nitrogen and oxygen atoms in total. The highest BCUT2D eigenvalue weighted by Gasteiger charge is 2.45. The molecule has 1 amide bonds. The zero-order valence-electron chi connectivity index (χ0n) is 22.8. The average Bonchev–Trinajstić information content (AvgIpc) is 2.60. The Kier molecular flexibility index (Phi) is 9.19. The van der Waals surface area contributed by atoms with Crippen LogP contribution in [-0.2, 0) is 14.9 Å². The van der Waals surface area contributed by atoms with Gasteiger partial charge in [0, 0.05) is 11.0 Å². The predicted molar refractivity (Wildman–Crippen MR) is 145 cm³/mol. The second-order valence-electron chi connectivity index (χ2n) is 12.3. The lowest BCUT2D eigenvalue weighted by Gasteiger charge is -2.46. The maximum Gasteiger partial charge on any atom is 0.407 e. The Bertz CT molecular complexity index is 803. The van der Waals surface area contributed by atoms with Crippen molar-refractivity contribution in [1.82, 2.24) is 5.32 Å². The van der Waals surface area contributed by atoms with E-state index in [4.69, 9.17) is 9.16 Å². The first-order valence-electron chi connectivity index (χ1n) is 12.4. The average molecular weight is 494 g/mol. The number of carbonyl (C=O) groups excluding carboxylic acids is 1. The summed E-state index contributed by atoms with van der Waals surface area (Å²) in [5.74, 6) is 0.971. The van der Waals surface area contributed by atoms with E-state index in [2.05, 4.69) is 72.1 Å². The van der Waals surface area contributed by atoms with Gasteiger partial charge in [0.2, 0.25) is 0 Å². The van der Waals surface area contributed by atoms with Crippen LogP contribution < -0.4 is 5.32 Å². The van der Waals surface area contributed by atoms with E-state index in [1.165, 1.54) is 22.3 Å². The molecule has 0 bridgehead atoms. The smallest absolute Gasteiger partial charge is 0.407 e. The Morgan fingerprint density at radius 2 is 1.64 bits per heavy atom. The minimum atomic E-state index is -2.02. The van der Waals surface area contributed by atoms with E-state index in [0.29, 0.717) is 5.25 Å². The molecule has 6 heteroatoms. The molecule has 1 aromatic rings. The molecule has 2 rings (SSSR count). The third kappa shape index (κ3) is 8.03. The van der Waals surface area contributed by atoms with Crippen LogP contribution in [0.5, 0.6) is 0 Å². The molecule has 1 N–H and O–H groups in total. The van der Waals surface area contributed by atoms with E-state index in [1.807, 2.05) is 32.5 Å². The molecule has 1 fully saturated rings.